The van der Waals surface area contributed by atoms with Gasteiger partial charge in [-0.1, -0.05) is 23.7 Å². The number of rotatable bonds is 5. The monoisotopic (exact) mass is 282 g/mol. The minimum absolute atomic E-state index is 0.00302. The molecule has 0 amide bonds. The molecule has 0 aliphatic carbocycles. The van der Waals surface area contributed by atoms with E-state index in [1.807, 2.05) is 11.4 Å². The molecule has 1 aromatic carbocycles. The second-order valence-corrected chi connectivity index (χ2v) is 5.11. The predicted molar refractivity (Wildman–Crippen MR) is 71.4 cm³/mol. The molecule has 0 radical (unpaired) electrons. The normalized spacial score (nSPS) is 10.3. The lowest BCUT2D eigenvalue weighted by Crippen LogP contribution is -2.00. The average Bonchev–Trinajstić information content (AvgIpc) is 2.72. The van der Waals surface area contributed by atoms with Crippen LogP contribution in [-0.2, 0) is 17.8 Å². The fourth-order valence-corrected chi connectivity index (χ4v) is 2.50. The lowest BCUT2D eigenvalue weighted by Gasteiger charge is -2.06. The largest absolute Gasteiger partial charge is 0.488 e. The first-order chi connectivity index (χ1) is 8.65. The molecule has 0 atom stereocenters. The molecular weight excluding hydrogens is 272 g/mol. The number of benzene rings is 1. The average molecular weight is 283 g/mol. The van der Waals surface area contributed by atoms with E-state index < -0.39 is 5.97 Å². The van der Waals surface area contributed by atoms with Gasteiger partial charge in [-0.05, 0) is 29.1 Å². The van der Waals surface area contributed by atoms with Crippen LogP contribution in [0.4, 0.5) is 0 Å². The van der Waals surface area contributed by atoms with Crippen molar-refractivity contribution in [2.24, 2.45) is 0 Å². The molecule has 0 spiro atoms. The fourth-order valence-electron chi connectivity index (χ4n) is 1.50. The molecule has 18 heavy (non-hydrogen) atoms. The lowest BCUT2D eigenvalue weighted by molar-refractivity contribution is -0.136. The van der Waals surface area contributed by atoms with Crippen molar-refractivity contribution in [1.82, 2.24) is 0 Å². The van der Waals surface area contributed by atoms with Gasteiger partial charge in [0.2, 0.25) is 0 Å². The third kappa shape index (κ3) is 3.48. The Morgan fingerprint density at radius 2 is 2.22 bits per heavy atom. The summed E-state index contributed by atoms with van der Waals surface area (Å²) < 4.78 is 5.59. The van der Waals surface area contributed by atoms with E-state index in [4.69, 9.17) is 21.4 Å². The van der Waals surface area contributed by atoms with Crippen molar-refractivity contribution in [3.05, 3.63) is 51.2 Å². The van der Waals surface area contributed by atoms with E-state index in [0.29, 0.717) is 17.4 Å². The number of carboxylic acid groups (broad SMARTS) is 1. The van der Waals surface area contributed by atoms with Crippen LogP contribution in [0.1, 0.15) is 10.4 Å². The smallest absolute Gasteiger partial charge is 0.307 e. The molecule has 1 N–H and O–H groups in total. The molecule has 0 aliphatic heterocycles. The summed E-state index contributed by atoms with van der Waals surface area (Å²) in [6.07, 6.45) is -0.00302. The summed E-state index contributed by atoms with van der Waals surface area (Å²) in [6.45, 7) is 0.396. The quantitative estimate of drug-likeness (QED) is 0.911. The molecule has 2 rings (SSSR count). The minimum atomic E-state index is -0.853. The van der Waals surface area contributed by atoms with Gasteiger partial charge in [0, 0.05) is 0 Å². The molecule has 94 valence electrons. The number of ether oxygens (including phenoxy) is 1. The zero-order valence-corrected chi connectivity index (χ0v) is 11.0. The molecule has 0 bridgehead atoms. The fraction of sp³-hybridized carbons (Fsp3) is 0.154. The van der Waals surface area contributed by atoms with Gasteiger partial charge in [-0.15, -0.1) is 11.3 Å². The van der Waals surface area contributed by atoms with E-state index in [2.05, 4.69) is 0 Å². The van der Waals surface area contributed by atoms with Crippen LogP contribution in [0.3, 0.4) is 0 Å². The molecule has 0 fully saturated rings. The molecule has 3 nitrogen and oxygen atoms in total. The van der Waals surface area contributed by atoms with E-state index in [-0.39, 0.29) is 6.42 Å². The van der Waals surface area contributed by atoms with Crippen molar-refractivity contribution in [2.75, 3.05) is 0 Å². The molecule has 1 aromatic heterocycles. The first-order valence-corrected chi connectivity index (χ1v) is 6.56. The van der Waals surface area contributed by atoms with Gasteiger partial charge < -0.3 is 9.84 Å². The standard InChI is InChI=1S/C13H11ClO3S/c14-11-4-5-18-12(11)8-17-10-3-1-2-9(6-10)7-13(15)16/h1-6H,7-8H2,(H,15,16). The number of thiophene rings is 1. The van der Waals surface area contributed by atoms with Crippen LogP contribution in [-0.4, -0.2) is 11.1 Å². The van der Waals surface area contributed by atoms with Gasteiger partial charge >= 0.3 is 5.97 Å². The number of halogens is 1. The van der Waals surface area contributed by atoms with Crippen molar-refractivity contribution in [1.29, 1.82) is 0 Å². The highest BCUT2D eigenvalue weighted by Gasteiger charge is 2.05. The van der Waals surface area contributed by atoms with Gasteiger partial charge in [0.15, 0.2) is 0 Å². The Morgan fingerprint density at radius 1 is 1.39 bits per heavy atom. The van der Waals surface area contributed by atoms with E-state index in [0.717, 1.165) is 10.4 Å². The first kappa shape index (κ1) is 12.9. The van der Waals surface area contributed by atoms with Gasteiger partial charge in [-0.25, -0.2) is 0 Å². The third-order valence-corrected chi connectivity index (χ3v) is 3.68. The molecule has 2 aromatic rings. The number of carbonyl (C=O) groups is 1. The summed E-state index contributed by atoms with van der Waals surface area (Å²) in [5.74, 6) is -0.202. The summed E-state index contributed by atoms with van der Waals surface area (Å²) >= 11 is 7.49. The molecule has 0 unspecified atom stereocenters. The number of carboxylic acids is 1. The van der Waals surface area contributed by atoms with Gasteiger partial charge in [0.1, 0.15) is 12.4 Å². The maximum Gasteiger partial charge on any atom is 0.307 e. The SMILES string of the molecule is O=C(O)Cc1cccc(OCc2sccc2Cl)c1. The minimum Gasteiger partial charge on any atom is -0.488 e. The van der Waals surface area contributed by atoms with Crippen molar-refractivity contribution >= 4 is 28.9 Å². The van der Waals surface area contributed by atoms with Crippen LogP contribution >= 0.6 is 22.9 Å². The highest BCUT2D eigenvalue weighted by Crippen LogP contribution is 2.24. The van der Waals surface area contributed by atoms with Crippen LogP contribution in [0.25, 0.3) is 0 Å². The van der Waals surface area contributed by atoms with Gasteiger partial charge in [-0.2, -0.15) is 0 Å². The molecule has 5 heteroatoms. The van der Waals surface area contributed by atoms with Crippen molar-refractivity contribution < 1.29 is 14.6 Å². The van der Waals surface area contributed by atoms with Crippen LogP contribution in [0.2, 0.25) is 5.02 Å². The Balaban J connectivity index is 2.01. The maximum absolute atomic E-state index is 10.6. The van der Waals surface area contributed by atoms with Crippen molar-refractivity contribution in [3.63, 3.8) is 0 Å². The Hall–Kier alpha value is -1.52. The van der Waals surface area contributed by atoms with Gasteiger partial charge in [0.25, 0.3) is 0 Å². The van der Waals surface area contributed by atoms with E-state index in [1.54, 1.807) is 24.3 Å². The van der Waals surface area contributed by atoms with E-state index >= 15 is 0 Å². The number of hydrogen-bond donors (Lipinski definition) is 1. The lowest BCUT2D eigenvalue weighted by atomic mass is 10.1. The van der Waals surface area contributed by atoms with Gasteiger partial charge in [0.05, 0.1) is 16.3 Å². The van der Waals surface area contributed by atoms with E-state index in [1.165, 1.54) is 11.3 Å². The summed E-state index contributed by atoms with van der Waals surface area (Å²) in [7, 11) is 0. The highest BCUT2D eigenvalue weighted by atomic mass is 35.5. The summed E-state index contributed by atoms with van der Waals surface area (Å²) in [6, 6.07) is 8.90. The van der Waals surface area contributed by atoms with Crippen LogP contribution < -0.4 is 4.74 Å². The predicted octanol–water partition coefficient (Wildman–Crippen LogP) is 3.61. The second-order valence-electron chi connectivity index (χ2n) is 3.70. The molecule has 0 aliphatic rings. The summed E-state index contributed by atoms with van der Waals surface area (Å²) in [4.78, 5) is 11.6. The Bertz CT molecular complexity index is 551. The maximum atomic E-state index is 10.6. The Labute approximate surface area is 114 Å². The highest BCUT2D eigenvalue weighted by molar-refractivity contribution is 7.10. The van der Waals surface area contributed by atoms with Crippen molar-refractivity contribution in [2.45, 2.75) is 13.0 Å². The second kappa shape index (κ2) is 5.89. The zero-order chi connectivity index (χ0) is 13.0. The zero-order valence-electron chi connectivity index (χ0n) is 9.43. The Morgan fingerprint density at radius 3 is 2.89 bits per heavy atom. The van der Waals surface area contributed by atoms with Crippen molar-refractivity contribution in [3.8, 4) is 5.75 Å². The molecule has 0 saturated carbocycles. The topological polar surface area (TPSA) is 46.5 Å². The van der Waals surface area contributed by atoms with Gasteiger partial charge in [-0.3, -0.25) is 4.79 Å². The first-order valence-electron chi connectivity index (χ1n) is 5.30. The van der Waals surface area contributed by atoms with Crippen LogP contribution in [0.15, 0.2) is 35.7 Å². The Kier molecular flexibility index (Phi) is 4.23. The van der Waals surface area contributed by atoms with Crippen LogP contribution in [0, 0.1) is 0 Å². The summed E-state index contributed by atoms with van der Waals surface area (Å²) in [5, 5.41) is 11.3. The van der Waals surface area contributed by atoms with E-state index in [9.17, 15) is 4.79 Å². The third-order valence-electron chi connectivity index (χ3n) is 2.31. The number of hydrogen-bond acceptors (Lipinski definition) is 3. The summed E-state index contributed by atoms with van der Waals surface area (Å²) in [5.41, 5.74) is 0.720. The molecule has 0 saturated heterocycles. The van der Waals surface area contributed by atoms with Crippen LogP contribution in [0.5, 0.6) is 5.75 Å². The number of aliphatic carboxylic acids is 1. The molecular formula is C13H11ClO3S. The molecule has 1 heterocycles.